The van der Waals surface area contributed by atoms with Gasteiger partial charge in [-0.25, -0.2) is 0 Å². The maximum absolute atomic E-state index is 12.8. The van der Waals surface area contributed by atoms with E-state index >= 15 is 0 Å². The highest BCUT2D eigenvalue weighted by atomic mass is 16.5. The minimum absolute atomic E-state index is 0.149. The van der Waals surface area contributed by atoms with E-state index in [4.69, 9.17) is 4.74 Å². The van der Waals surface area contributed by atoms with Crippen LogP contribution < -0.4 is 10.6 Å². The fourth-order valence-corrected chi connectivity index (χ4v) is 2.88. The van der Waals surface area contributed by atoms with Crippen molar-refractivity contribution in [1.29, 1.82) is 0 Å². The van der Waals surface area contributed by atoms with Gasteiger partial charge in [-0.1, -0.05) is 25.1 Å². The lowest BCUT2D eigenvalue weighted by Crippen LogP contribution is -2.44. The Hall–Kier alpha value is -1.39. The van der Waals surface area contributed by atoms with Crippen LogP contribution in [0.5, 0.6) is 0 Å². The van der Waals surface area contributed by atoms with Gasteiger partial charge in [0.15, 0.2) is 0 Å². The van der Waals surface area contributed by atoms with Crippen LogP contribution in [0.2, 0.25) is 0 Å². The van der Waals surface area contributed by atoms with E-state index in [1.165, 1.54) is 0 Å². The monoisotopic (exact) mass is 290 g/mol. The Morgan fingerprint density at radius 3 is 2.67 bits per heavy atom. The third-order valence-electron chi connectivity index (χ3n) is 4.45. The second-order valence-electron chi connectivity index (χ2n) is 5.63. The summed E-state index contributed by atoms with van der Waals surface area (Å²) in [7, 11) is 0. The van der Waals surface area contributed by atoms with E-state index in [9.17, 15) is 4.79 Å². The van der Waals surface area contributed by atoms with Crippen LogP contribution >= 0.6 is 0 Å². The van der Waals surface area contributed by atoms with Gasteiger partial charge in [0.2, 0.25) is 5.91 Å². The molecule has 1 heterocycles. The molecular weight excluding hydrogens is 264 g/mol. The topological polar surface area (TPSA) is 50.4 Å². The summed E-state index contributed by atoms with van der Waals surface area (Å²) in [6.45, 7) is 7.13. The van der Waals surface area contributed by atoms with Gasteiger partial charge in [-0.05, 0) is 45.3 Å². The number of hydrogen-bond donors (Lipinski definition) is 2. The Labute approximate surface area is 127 Å². The summed E-state index contributed by atoms with van der Waals surface area (Å²) in [5, 5.41) is 6.47. The molecule has 1 aromatic carbocycles. The van der Waals surface area contributed by atoms with Gasteiger partial charge in [-0.3, -0.25) is 4.79 Å². The van der Waals surface area contributed by atoms with Crippen molar-refractivity contribution in [3.63, 3.8) is 0 Å². The summed E-state index contributed by atoms with van der Waals surface area (Å²) in [5.74, 6) is 0.149. The largest absolute Gasteiger partial charge is 0.377 e. The number of anilines is 1. The third kappa shape index (κ3) is 3.83. The molecule has 4 heteroatoms. The molecule has 4 nitrogen and oxygen atoms in total. The van der Waals surface area contributed by atoms with Gasteiger partial charge in [0.05, 0.1) is 12.0 Å². The molecular formula is C17H26N2O2. The van der Waals surface area contributed by atoms with E-state index in [0.717, 1.165) is 43.6 Å². The van der Waals surface area contributed by atoms with Crippen LogP contribution in [0.4, 0.5) is 5.69 Å². The van der Waals surface area contributed by atoms with Gasteiger partial charge in [-0.2, -0.15) is 0 Å². The first-order valence-corrected chi connectivity index (χ1v) is 7.89. The number of amides is 1. The maximum Gasteiger partial charge on any atom is 0.230 e. The van der Waals surface area contributed by atoms with Gasteiger partial charge in [-0.15, -0.1) is 0 Å². The third-order valence-corrected chi connectivity index (χ3v) is 4.45. The van der Waals surface area contributed by atoms with E-state index in [1.54, 1.807) is 0 Å². The SMILES string of the molecule is CCOCc1ccccc1NC(=O)C1(CC)CCNCC1. The summed E-state index contributed by atoms with van der Waals surface area (Å²) in [6.07, 6.45) is 2.69. The Balaban J connectivity index is 2.11. The molecule has 1 aromatic rings. The molecule has 2 rings (SSSR count). The number of nitrogens with one attached hydrogen (secondary N) is 2. The van der Waals surface area contributed by atoms with E-state index in [0.29, 0.717) is 13.2 Å². The molecule has 0 aliphatic carbocycles. The van der Waals surface area contributed by atoms with Crippen molar-refractivity contribution in [3.05, 3.63) is 29.8 Å². The molecule has 1 amide bonds. The number of benzene rings is 1. The number of rotatable bonds is 6. The normalized spacial score (nSPS) is 17.4. The van der Waals surface area contributed by atoms with E-state index in [-0.39, 0.29) is 11.3 Å². The number of ether oxygens (including phenoxy) is 1. The molecule has 1 aliphatic rings. The Kier molecular flexibility index (Phi) is 5.76. The second kappa shape index (κ2) is 7.57. The molecule has 1 fully saturated rings. The molecule has 0 bridgehead atoms. The highest BCUT2D eigenvalue weighted by molar-refractivity contribution is 5.96. The quantitative estimate of drug-likeness (QED) is 0.847. The van der Waals surface area contributed by atoms with Crippen LogP contribution in [0.1, 0.15) is 38.7 Å². The zero-order valence-electron chi connectivity index (χ0n) is 13.1. The predicted octanol–water partition coefficient (Wildman–Crippen LogP) is 2.94. The second-order valence-corrected chi connectivity index (χ2v) is 5.63. The smallest absolute Gasteiger partial charge is 0.230 e. The lowest BCUT2D eigenvalue weighted by atomic mass is 9.76. The molecule has 1 aliphatic heterocycles. The first-order valence-electron chi connectivity index (χ1n) is 7.89. The zero-order valence-corrected chi connectivity index (χ0v) is 13.1. The number of para-hydroxylation sites is 1. The molecule has 0 atom stereocenters. The van der Waals surface area contributed by atoms with Gasteiger partial charge in [0.25, 0.3) is 0 Å². The maximum atomic E-state index is 12.8. The average Bonchev–Trinajstić information content (AvgIpc) is 2.54. The van der Waals surface area contributed by atoms with Crippen molar-refractivity contribution in [2.24, 2.45) is 5.41 Å². The van der Waals surface area contributed by atoms with Crippen LogP contribution in [-0.2, 0) is 16.1 Å². The molecule has 21 heavy (non-hydrogen) atoms. The minimum atomic E-state index is -0.232. The van der Waals surface area contributed by atoms with E-state index in [2.05, 4.69) is 17.6 Å². The summed E-state index contributed by atoms with van der Waals surface area (Å²) >= 11 is 0. The molecule has 0 unspecified atom stereocenters. The first kappa shape index (κ1) is 16.0. The zero-order chi connectivity index (χ0) is 15.1. The first-order chi connectivity index (χ1) is 10.2. The van der Waals surface area contributed by atoms with Crippen molar-refractivity contribution < 1.29 is 9.53 Å². The number of piperidine rings is 1. The van der Waals surface area contributed by atoms with Crippen LogP contribution in [0, 0.1) is 5.41 Å². The molecule has 0 radical (unpaired) electrons. The number of carbonyl (C=O) groups excluding carboxylic acids is 1. The molecule has 2 N–H and O–H groups in total. The minimum Gasteiger partial charge on any atom is -0.377 e. The van der Waals surface area contributed by atoms with Gasteiger partial charge in [0.1, 0.15) is 0 Å². The highest BCUT2D eigenvalue weighted by Gasteiger charge is 2.37. The molecule has 116 valence electrons. The fourth-order valence-electron chi connectivity index (χ4n) is 2.88. The lowest BCUT2D eigenvalue weighted by molar-refractivity contribution is -0.127. The van der Waals surface area contributed by atoms with Crippen molar-refractivity contribution >= 4 is 11.6 Å². The van der Waals surface area contributed by atoms with Crippen molar-refractivity contribution in [2.45, 2.75) is 39.7 Å². The molecule has 0 spiro atoms. The van der Waals surface area contributed by atoms with Crippen LogP contribution in [0.25, 0.3) is 0 Å². The van der Waals surface area contributed by atoms with E-state index < -0.39 is 0 Å². The number of carbonyl (C=O) groups is 1. The predicted molar refractivity (Wildman–Crippen MR) is 85.2 cm³/mol. The summed E-state index contributed by atoms with van der Waals surface area (Å²) in [5.41, 5.74) is 1.68. The molecule has 1 saturated heterocycles. The van der Waals surface area contributed by atoms with Gasteiger partial charge < -0.3 is 15.4 Å². The van der Waals surface area contributed by atoms with Crippen LogP contribution in [-0.4, -0.2) is 25.6 Å². The molecule has 0 aromatic heterocycles. The molecule has 0 saturated carbocycles. The average molecular weight is 290 g/mol. The lowest BCUT2D eigenvalue weighted by Gasteiger charge is -2.35. The summed E-state index contributed by atoms with van der Waals surface area (Å²) in [4.78, 5) is 12.8. The van der Waals surface area contributed by atoms with Crippen LogP contribution in [0.3, 0.4) is 0 Å². The van der Waals surface area contributed by atoms with Crippen molar-refractivity contribution in [1.82, 2.24) is 5.32 Å². The number of hydrogen-bond acceptors (Lipinski definition) is 3. The Bertz CT molecular complexity index is 468. The van der Waals surface area contributed by atoms with Crippen LogP contribution in [0.15, 0.2) is 24.3 Å². The van der Waals surface area contributed by atoms with E-state index in [1.807, 2.05) is 31.2 Å². The Morgan fingerprint density at radius 2 is 2.00 bits per heavy atom. The van der Waals surface area contributed by atoms with Gasteiger partial charge in [0, 0.05) is 17.9 Å². The Morgan fingerprint density at radius 1 is 1.29 bits per heavy atom. The fraction of sp³-hybridized carbons (Fsp3) is 0.588. The summed E-state index contributed by atoms with van der Waals surface area (Å²) < 4.78 is 5.48. The summed E-state index contributed by atoms with van der Waals surface area (Å²) in [6, 6.07) is 7.89. The van der Waals surface area contributed by atoms with Crippen molar-refractivity contribution in [2.75, 3.05) is 25.0 Å². The van der Waals surface area contributed by atoms with Gasteiger partial charge >= 0.3 is 0 Å². The highest BCUT2D eigenvalue weighted by Crippen LogP contribution is 2.34. The standard InChI is InChI=1S/C17H26N2O2/c1-3-17(9-11-18-12-10-17)16(20)19-15-8-6-5-7-14(15)13-21-4-2/h5-8,18H,3-4,9-13H2,1-2H3,(H,19,20). The van der Waals surface area contributed by atoms with Crippen molar-refractivity contribution in [3.8, 4) is 0 Å².